The topological polar surface area (TPSA) is 0 Å². The zero-order valence-corrected chi connectivity index (χ0v) is 6.62. The molecular formula is C5H7BF4S. The van der Waals surface area contributed by atoms with Gasteiger partial charge in [0.2, 0.25) is 0 Å². The van der Waals surface area contributed by atoms with Crippen LogP contribution in [0.1, 0.15) is 0 Å². The lowest BCUT2D eigenvalue weighted by atomic mass is 10.3. The molecule has 0 aliphatic carbocycles. The zero-order valence-electron chi connectivity index (χ0n) is 5.81. The van der Waals surface area contributed by atoms with Crippen LogP contribution >= 0.6 is 10.5 Å². The molecule has 0 unspecified atom stereocenters. The van der Waals surface area contributed by atoms with Crippen LogP contribution in [-0.2, 0) is 6.26 Å². The quantitative estimate of drug-likeness (QED) is 0.331. The first kappa shape index (κ1) is 10.5. The molecule has 0 nitrogen and oxygen atoms in total. The summed E-state index contributed by atoms with van der Waals surface area (Å²) in [5.74, 6) is 0. The molecule has 0 saturated carbocycles. The van der Waals surface area contributed by atoms with Crippen LogP contribution in [0, 0.1) is 0 Å². The van der Waals surface area contributed by atoms with E-state index >= 15 is 0 Å². The first-order valence-electron chi connectivity index (χ1n) is 2.75. The van der Waals surface area contributed by atoms with Gasteiger partial charge in [-0.15, -0.1) is 0 Å². The van der Waals surface area contributed by atoms with Crippen molar-refractivity contribution in [1.29, 1.82) is 0 Å². The SMILES string of the molecule is C[s+]1cccc1.F[B-](F)(F)F. The van der Waals surface area contributed by atoms with Gasteiger partial charge in [-0.25, -0.2) is 0 Å². The normalized spacial score (nSPS) is 10.3. The minimum atomic E-state index is -6.00. The van der Waals surface area contributed by atoms with Crippen molar-refractivity contribution in [3.05, 3.63) is 22.9 Å². The van der Waals surface area contributed by atoms with E-state index in [4.69, 9.17) is 0 Å². The third kappa shape index (κ3) is 12.6. The van der Waals surface area contributed by atoms with Crippen molar-refractivity contribution in [3.8, 4) is 0 Å². The van der Waals surface area contributed by atoms with Gasteiger partial charge in [-0.05, 0) is 22.6 Å². The molecule has 0 bridgehead atoms. The molecule has 11 heavy (non-hydrogen) atoms. The van der Waals surface area contributed by atoms with Crippen molar-refractivity contribution >= 4 is 17.7 Å². The molecule has 64 valence electrons. The van der Waals surface area contributed by atoms with Crippen molar-refractivity contribution in [3.63, 3.8) is 0 Å². The fourth-order valence-electron chi connectivity index (χ4n) is 0.384. The van der Waals surface area contributed by atoms with Crippen LogP contribution in [0.4, 0.5) is 17.3 Å². The molecule has 0 aliphatic rings. The number of aryl methyl sites for hydroxylation is 1. The third-order valence-corrected chi connectivity index (χ3v) is 1.87. The van der Waals surface area contributed by atoms with Crippen LogP contribution in [0.5, 0.6) is 0 Å². The molecule has 0 atom stereocenters. The second-order valence-electron chi connectivity index (χ2n) is 1.76. The van der Waals surface area contributed by atoms with Crippen molar-refractivity contribution in [2.75, 3.05) is 0 Å². The average molecular weight is 186 g/mol. The van der Waals surface area contributed by atoms with Gasteiger partial charge < -0.3 is 17.3 Å². The summed E-state index contributed by atoms with van der Waals surface area (Å²) in [6, 6.07) is 4.17. The van der Waals surface area contributed by atoms with E-state index in [0.717, 1.165) is 0 Å². The Kier molecular flexibility index (Phi) is 4.18. The average Bonchev–Trinajstić information content (AvgIpc) is 2.12. The summed E-state index contributed by atoms with van der Waals surface area (Å²) in [6.07, 6.45) is 2.19. The number of halogens is 4. The molecule has 0 fully saturated rings. The van der Waals surface area contributed by atoms with Crippen LogP contribution in [0.2, 0.25) is 0 Å². The fraction of sp³-hybridized carbons (Fsp3) is 0.200. The molecule has 0 saturated heterocycles. The molecule has 1 aromatic rings. The van der Waals surface area contributed by atoms with Crippen LogP contribution in [0.25, 0.3) is 0 Å². The Morgan fingerprint density at radius 2 is 1.27 bits per heavy atom. The summed E-state index contributed by atoms with van der Waals surface area (Å²) in [4.78, 5) is 0. The number of hydrogen-bond donors (Lipinski definition) is 0. The molecule has 0 radical (unpaired) electrons. The Labute approximate surface area is 64.9 Å². The molecular weight excluding hydrogens is 179 g/mol. The van der Waals surface area contributed by atoms with E-state index in [0.29, 0.717) is 10.5 Å². The van der Waals surface area contributed by atoms with Gasteiger partial charge in [0.1, 0.15) is 17.0 Å². The molecule has 1 aromatic heterocycles. The molecule has 1 heterocycles. The van der Waals surface area contributed by atoms with Gasteiger partial charge in [-0.2, -0.15) is 0 Å². The summed E-state index contributed by atoms with van der Waals surface area (Å²) in [5.41, 5.74) is 0. The standard InChI is InChI=1S/C5H7S.BF4/c1-6-4-2-3-5-6;2-1(3,4)5/h2-5H,1H3;/q+1;-1. The highest BCUT2D eigenvalue weighted by molar-refractivity contribution is 7.26. The van der Waals surface area contributed by atoms with Crippen LogP contribution in [0.15, 0.2) is 22.9 Å². The van der Waals surface area contributed by atoms with Gasteiger partial charge in [0, 0.05) is 0 Å². The Morgan fingerprint density at radius 3 is 1.36 bits per heavy atom. The predicted molar refractivity (Wildman–Crippen MR) is 40.1 cm³/mol. The highest BCUT2D eigenvalue weighted by atomic mass is 32.2. The summed E-state index contributed by atoms with van der Waals surface area (Å²) >= 11 is 0. The molecule has 0 N–H and O–H groups in total. The second-order valence-corrected chi connectivity index (χ2v) is 3.52. The summed E-state index contributed by atoms with van der Waals surface area (Å²) in [7, 11) is -5.53. The van der Waals surface area contributed by atoms with E-state index in [1.807, 2.05) is 0 Å². The Hall–Kier alpha value is -0.515. The first-order valence-corrected chi connectivity index (χ1v) is 4.51. The van der Waals surface area contributed by atoms with E-state index in [9.17, 15) is 17.3 Å². The third-order valence-electron chi connectivity index (χ3n) is 0.698. The molecule has 1 rings (SSSR count). The smallest absolute Gasteiger partial charge is 0.418 e. The summed E-state index contributed by atoms with van der Waals surface area (Å²) < 4.78 is 39.0. The van der Waals surface area contributed by atoms with Crippen molar-refractivity contribution in [1.82, 2.24) is 0 Å². The number of thiophene rings is 1. The van der Waals surface area contributed by atoms with Crippen LogP contribution in [0.3, 0.4) is 0 Å². The Balaban J connectivity index is 0.000000187. The molecule has 0 spiro atoms. The Morgan fingerprint density at radius 1 is 1.00 bits per heavy atom. The number of hydrogen-bond acceptors (Lipinski definition) is 0. The highest BCUT2D eigenvalue weighted by Gasteiger charge is 2.20. The van der Waals surface area contributed by atoms with Gasteiger partial charge in [-0.3, -0.25) is 0 Å². The summed E-state index contributed by atoms with van der Waals surface area (Å²) in [6.45, 7) is 0. The van der Waals surface area contributed by atoms with Gasteiger partial charge in [-0.1, -0.05) is 0 Å². The largest absolute Gasteiger partial charge is 0.673 e. The van der Waals surface area contributed by atoms with Crippen LogP contribution < -0.4 is 0 Å². The monoisotopic (exact) mass is 186 g/mol. The summed E-state index contributed by atoms with van der Waals surface area (Å²) in [5, 5.41) is 4.39. The second kappa shape index (κ2) is 4.38. The zero-order chi connectivity index (χ0) is 8.91. The number of rotatable bonds is 0. The molecule has 0 amide bonds. The predicted octanol–water partition coefficient (Wildman–Crippen LogP) is 3.27. The lowest BCUT2D eigenvalue weighted by Crippen LogP contribution is -2.02. The van der Waals surface area contributed by atoms with E-state index < -0.39 is 7.25 Å². The van der Waals surface area contributed by atoms with E-state index in [1.54, 1.807) is 0 Å². The van der Waals surface area contributed by atoms with E-state index in [-0.39, 0.29) is 0 Å². The van der Waals surface area contributed by atoms with Gasteiger partial charge in [0.05, 0.1) is 0 Å². The molecule has 6 heteroatoms. The lowest BCUT2D eigenvalue weighted by molar-refractivity contribution is 0.368. The van der Waals surface area contributed by atoms with E-state index in [1.165, 1.54) is 0 Å². The van der Waals surface area contributed by atoms with Gasteiger partial charge >= 0.3 is 7.25 Å². The van der Waals surface area contributed by atoms with Gasteiger partial charge in [0.15, 0.2) is 0 Å². The highest BCUT2D eigenvalue weighted by Crippen LogP contribution is 2.09. The van der Waals surface area contributed by atoms with E-state index in [2.05, 4.69) is 29.1 Å². The first-order chi connectivity index (χ1) is 4.89. The molecule has 0 aliphatic heterocycles. The van der Waals surface area contributed by atoms with Crippen LogP contribution in [-0.4, -0.2) is 7.25 Å². The lowest BCUT2D eigenvalue weighted by Gasteiger charge is -1.94. The Bertz CT molecular complexity index is 175. The maximum absolute atomic E-state index is 9.75. The minimum Gasteiger partial charge on any atom is -0.418 e. The maximum Gasteiger partial charge on any atom is 0.673 e. The minimum absolute atomic E-state index is 0.466. The maximum atomic E-state index is 9.75. The van der Waals surface area contributed by atoms with Crippen molar-refractivity contribution in [2.45, 2.75) is 0 Å². The van der Waals surface area contributed by atoms with Crippen molar-refractivity contribution < 1.29 is 17.3 Å². The molecule has 0 aromatic carbocycles. The van der Waals surface area contributed by atoms with Crippen molar-refractivity contribution in [2.24, 2.45) is 6.26 Å². The fourth-order valence-corrected chi connectivity index (χ4v) is 1.15. The van der Waals surface area contributed by atoms with Gasteiger partial charge in [0.25, 0.3) is 0 Å².